The highest BCUT2D eigenvalue weighted by Gasteiger charge is 2.79. The lowest BCUT2D eigenvalue weighted by Crippen LogP contribution is -2.71. The van der Waals surface area contributed by atoms with Gasteiger partial charge >= 0.3 is 5.97 Å². The van der Waals surface area contributed by atoms with Crippen molar-refractivity contribution >= 4 is 45.1 Å². The number of aromatic nitrogens is 1. The summed E-state index contributed by atoms with van der Waals surface area (Å²) in [4.78, 5) is 53.1. The van der Waals surface area contributed by atoms with Crippen LogP contribution in [0.15, 0.2) is 70.6 Å². The fourth-order valence-electron chi connectivity index (χ4n) is 20.3. The Labute approximate surface area is 502 Å². The second kappa shape index (κ2) is 23.0. The van der Waals surface area contributed by atoms with Crippen LogP contribution in [0.1, 0.15) is 134 Å². The van der Waals surface area contributed by atoms with E-state index in [4.69, 9.17) is 16.2 Å². The quantitative estimate of drug-likeness (QED) is 0.0368. The first-order chi connectivity index (χ1) is 40.1. The molecular weight excluding hydrogens is 1100 g/mol. The van der Waals surface area contributed by atoms with Gasteiger partial charge in [-0.3, -0.25) is 19.4 Å². The maximum atomic E-state index is 16.4. The zero-order chi connectivity index (χ0) is 59.4. The monoisotopic (exact) mass is 1190 g/mol. The number of hydrogen-bond acceptors (Lipinski definition) is 15. The number of guanidine groups is 1. The number of H-pyrrole nitrogens is 1. The number of aromatic hydroxyl groups is 1. The number of nitrogens with zero attached hydrogens (tertiary/aromatic N) is 1. The summed E-state index contributed by atoms with van der Waals surface area (Å²) in [6, 6.07) is 7.36. The largest absolute Gasteiger partial charge is 0.508 e. The zero-order valence-electron chi connectivity index (χ0n) is 49.1. The van der Waals surface area contributed by atoms with E-state index in [0.717, 1.165) is 43.2 Å². The van der Waals surface area contributed by atoms with Gasteiger partial charge in [0.1, 0.15) is 11.8 Å². The van der Waals surface area contributed by atoms with E-state index < -0.39 is 100 Å². The molecule has 12 rings (SSSR count). The molecule has 16 nitrogen and oxygen atoms in total. The Morgan fingerprint density at radius 2 is 1.65 bits per heavy atom. The molecular formula is C66H89N5O11S2. The van der Waals surface area contributed by atoms with E-state index in [1.165, 1.54) is 27.2 Å². The van der Waals surface area contributed by atoms with Crippen LogP contribution in [-0.4, -0.2) is 131 Å². The molecule has 0 unspecified atom stereocenters. The van der Waals surface area contributed by atoms with E-state index in [2.05, 4.69) is 47.1 Å². The van der Waals surface area contributed by atoms with Gasteiger partial charge in [0.25, 0.3) is 0 Å². The molecule has 10 aliphatic rings. The number of benzene rings is 1. The normalized spacial score (nSPS) is 45.8. The van der Waals surface area contributed by atoms with Gasteiger partial charge in [-0.15, -0.1) is 5.92 Å². The highest BCUT2D eigenvalue weighted by molar-refractivity contribution is 8.76. The third-order valence-corrected chi connectivity index (χ3v) is 26.5. The molecule has 2 aliphatic heterocycles. The van der Waals surface area contributed by atoms with E-state index in [9.17, 15) is 40.2 Å². The molecule has 18 heteroatoms. The first-order valence-electron chi connectivity index (χ1n) is 31.3. The van der Waals surface area contributed by atoms with Crippen LogP contribution in [0, 0.1) is 106 Å². The van der Waals surface area contributed by atoms with Crippen molar-refractivity contribution in [3.05, 3.63) is 76.8 Å². The third-order valence-electron chi connectivity index (χ3n) is 23.9. The number of hydrogen-bond donors (Lipinski definition) is 11. The number of nitrogens with one attached hydrogen (secondary N) is 2. The van der Waals surface area contributed by atoms with Crippen molar-refractivity contribution in [1.82, 2.24) is 10.3 Å². The number of ether oxygens (including phenoxy) is 1. The number of esters is 1. The van der Waals surface area contributed by atoms with Crippen LogP contribution in [0.3, 0.4) is 0 Å². The Morgan fingerprint density at radius 3 is 2.39 bits per heavy atom. The molecule has 1 spiro atoms. The number of aliphatic hydroxyl groups is 6. The lowest BCUT2D eigenvalue weighted by atomic mass is 9.37. The Morgan fingerprint density at radius 1 is 0.881 bits per heavy atom. The number of fused-ring (bicyclic) bond motifs is 10. The molecule has 2 saturated heterocycles. The summed E-state index contributed by atoms with van der Waals surface area (Å²) in [5.41, 5.74) is 9.80. The van der Waals surface area contributed by atoms with Gasteiger partial charge in [-0.25, -0.2) is 0 Å². The molecule has 1 aromatic heterocycles. The number of rotatable bonds is 6. The third kappa shape index (κ3) is 9.91. The maximum absolute atomic E-state index is 16.4. The number of aliphatic imine (C=N–C) groups is 1. The van der Waals surface area contributed by atoms with Gasteiger partial charge in [0.05, 0.1) is 54.3 Å². The number of nitrogens with two attached hydrogens (primary N) is 2. The fraction of sp³-hybridized carbons (Fsp3) is 0.697. The summed E-state index contributed by atoms with van der Waals surface area (Å²) < 4.78 is 5.98. The number of Topliss-reactive ketones (excluding diaryl/α,β-unsaturated/α-hetero) is 2. The molecule has 3 heterocycles. The van der Waals surface area contributed by atoms with Crippen LogP contribution in [0.25, 0.3) is 0 Å². The first-order valence-corrected chi connectivity index (χ1v) is 33.8. The Hall–Kier alpha value is -4.32. The average molecular weight is 1190 g/mol. The molecule has 456 valence electrons. The molecule has 13 N–H and O–H groups in total. The standard InChI is InChI=1S/C66H89N5O11S2/c1-33-8-9-36-13-17-44-34(2)21-52(76)64(4,80)60-39(7-5-6-37(22-46(44)45(36)20-33)47-30-82-61(79)53(47)40-18-19-69-27-40)25-66(81)56-54(38-10-14-42(28-70-62(67)68)65(60,66)24-38)63(3)26-51(75)58(77)48-32-84-83-31-41(35-11-15-43(73)16-12-35)23-50(74)49(29-72)71-57(56)59(78)55(48)63/h11-13,15-16,18-19,27,33-34,37-39,41-42,44-49,51-55,58,60,69,71-73,75-77,80-81H,7-10,14,17,20-26,28-32H2,1-4H3,(H4,67,68,70)/t33-,34-,37-,38+,39-,41-,42-,44+,45-,46+,47-,48-,49-,51+,52-,53+,54+,55+,58-,60-,63-,64+,65+,66-/m1/s1. The zero-order valence-corrected chi connectivity index (χ0v) is 50.7. The number of carbonyl (C=O) groups is 3. The van der Waals surface area contributed by atoms with Gasteiger partial charge in [-0.1, -0.05) is 72.1 Å². The molecule has 8 aliphatic carbocycles. The van der Waals surface area contributed by atoms with E-state index in [-0.39, 0.29) is 116 Å². The van der Waals surface area contributed by atoms with Crippen LogP contribution >= 0.6 is 21.6 Å². The highest BCUT2D eigenvalue weighted by atomic mass is 33.1. The minimum Gasteiger partial charge on any atom is -0.508 e. The van der Waals surface area contributed by atoms with Gasteiger partial charge in [0.15, 0.2) is 17.5 Å². The number of allylic oxidation sites excluding steroid dienone is 3. The van der Waals surface area contributed by atoms with Crippen molar-refractivity contribution < 1.29 is 54.9 Å². The van der Waals surface area contributed by atoms with Crippen molar-refractivity contribution in [3.8, 4) is 17.6 Å². The molecule has 1 aromatic carbocycles. The molecule has 7 fully saturated rings. The van der Waals surface area contributed by atoms with E-state index >= 15 is 9.90 Å². The molecule has 4 bridgehead atoms. The van der Waals surface area contributed by atoms with E-state index in [0.29, 0.717) is 48.2 Å². The van der Waals surface area contributed by atoms with Crippen LogP contribution in [0.5, 0.6) is 5.75 Å². The highest BCUT2D eigenvalue weighted by Crippen LogP contribution is 2.77. The van der Waals surface area contributed by atoms with Gasteiger partial charge in [0.2, 0.25) is 0 Å². The van der Waals surface area contributed by atoms with Crippen molar-refractivity contribution in [3.63, 3.8) is 0 Å². The van der Waals surface area contributed by atoms with Crippen molar-refractivity contribution in [2.45, 2.75) is 159 Å². The van der Waals surface area contributed by atoms with E-state index in [1.54, 1.807) is 31.2 Å². The maximum Gasteiger partial charge on any atom is 0.313 e. The second-order valence-corrected chi connectivity index (χ2v) is 30.9. The van der Waals surface area contributed by atoms with Crippen molar-refractivity contribution in [2.75, 3.05) is 31.3 Å². The molecule has 24 atom stereocenters. The SMILES string of the molecule is C[C@@H]1CCC2=CC[C@@H]3[C@H](C[C@H]([C@H]4COC(=O)[C@H]4c4cc[nH]c4)C#CC[C@@H]4C[C@@]5(O)C6=C7N[C@H](CO)C(=O)C[C@@H](c8ccc(O)cc8)CSSC[C@H]8[C@@H](O)[C@@H](O)C[C@](C)([C@H]6[C@H]6CC[C@H](CN=C(N)N)[C@@]5(C6)[C@H]4[C@@](C)(O)[C@H](O)C[C@H]3C)[C@@H]8C7=O)[C@@H]2C1. The summed E-state index contributed by atoms with van der Waals surface area (Å²) in [7, 11) is 3.01. The van der Waals surface area contributed by atoms with Crippen LogP contribution in [0.4, 0.5) is 0 Å². The number of aliphatic hydroxyl groups excluding tert-OH is 4. The smallest absolute Gasteiger partial charge is 0.313 e. The summed E-state index contributed by atoms with van der Waals surface area (Å²) in [5, 5.41) is 91.7. The summed E-state index contributed by atoms with van der Waals surface area (Å²) in [6.45, 7) is 7.94. The average Bonchev–Trinajstić information content (AvgIpc) is 1.29. The van der Waals surface area contributed by atoms with Crippen LogP contribution < -0.4 is 16.8 Å². The Kier molecular flexibility index (Phi) is 16.4. The van der Waals surface area contributed by atoms with Crippen LogP contribution in [0.2, 0.25) is 0 Å². The van der Waals surface area contributed by atoms with Gasteiger partial charge in [0, 0.05) is 84.2 Å². The number of phenols is 1. The summed E-state index contributed by atoms with van der Waals surface area (Å²) in [5.74, 6) is 2.48. The fourth-order valence-corrected chi connectivity index (χ4v) is 23.1. The van der Waals surface area contributed by atoms with Gasteiger partial charge in [-0.05, 0) is 171 Å². The van der Waals surface area contributed by atoms with Gasteiger partial charge in [-0.2, -0.15) is 0 Å². The predicted octanol–water partition coefficient (Wildman–Crippen LogP) is 6.49. The van der Waals surface area contributed by atoms with Crippen molar-refractivity contribution in [1.29, 1.82) is 0 Å². The molecule has 0 radical (unpaired) electrons. The Bertz CT molecular complexity index is 2990. The number of cyclic esters (lactones) is 1. The molecule has 2 aromatic rings. The number of carbonyl (C=O) groups excluding carboxylic acids is 3. The number of ketones is 2. The number of aromatic amines is 1. The topological polar surface area (TPSA) is 294 Å². The predicted molar refractivity (Wildman–Crippen MR) is 322 cm³/mol. The Balaban J connectivity index is 1.05. The molecule has 84 heavy (non-hydrogen) atoms. The lowest BCUT2D eigenvalue weighted by Gasteiger charge is -2.68. The molecule has 5 saturated carbocycles. The summed E-state index contributed by atoms with van der Waals surface area (Å²) in [6.07, 6.45) is 9.16. The minimum absolute atomic E-state index is 0.00275. The first kappa shape index (κ1) is 60.0. The lowest BCUT2D eigenvalue weighted by molar-refractivity contribution is -0.230. The number of phenolic OH excluding ortho intramolecular Hbond substituents is 1. The molecule has 0 amide bonds. The summed E-state index contributed by atoms with van der Waals surface area (Å²) >= 11 is 0. The van der Waals surface area contributed by atoms with Crippen molar-refractivity contribution in [2.24, 2.45) is 110 Å². The van der Waals surface area contributed by atoms with E-state index in [1.807, 2.05) is 25.4 Å². The van der Waals surface area contributed by atoms with Crippen LogP contribution in [-0.2, 0) is 19.1 Å². The second-order valence-electron chi connectivity index (χ2n) is 28.4. The van der Waals surface area contributed by atoms with Gasteiger partial charge < -0.3 is 62.3 Å². The minimum atomic E-state index is -1.96.